The van der Waals surface area contributed by atoms with Gasteiger partial charge in [0.1, 0.15) is 19.2 Å². The molecule has 2 N–H and O–H groups in total. The minimum Gasteiger partial charge on any atom is -0.387 e. The summed E-state index contributed by atoms with van der Waals surface area (Å²) in [5, 5.41) is 19.9. The number of carbonyl (C=O) groups excluding carboxylic acids is 1. The molecule has 0 fully saturated rings. The number of aromatic nitrogens is 3. The number of aliphatic hydroxyl groups excluding tert-OH is 1. The van der Waals surface area contributed by atoms with E-state index in [-0.39, 0.29) is 19.0 Å². The van der Waals surface area contributed by atoms with E-state index in [1.165, 1.54) is 28.7 Å². The van der Waals surface area contributed by atoms with Crippen molar-refractivity contribution in [3.63, 3.8) is 0 Å². The maximum absolute atomic E-state index is 11.5. The van der Waals surface area contributed by atoms with Crippen molar-refractivity contribution in [1.82, 2.24) is 20.1 Å². The quantitative estimate of drug-likeness (QED) is 0.796. The van der Waals surface area contributed by atoms with Crippen molar-refractivity contribution in [2.24, 2.45) is 0 Å². The maximum atomic E-state index is 11.5. The molecule has 7 heteroatoms. The molecule has 0 aliphatic heterocycles. The molecule has 0 aliphatic carbocycles. The van der Waals surface area contributed by atoms with Crippen LogP contribution in [0.25, 0.3) is 0 Å². The third kappa shape index (κ3) is 3.36. The lowest BCUT2D eigenvalue weighted by atomic mass is 10.2. The number of rotatable bonds is 5. The summed E-state index contributed by atoms with van der Waals surface area (Å²) >= 11 is 1.51. The van der Waals surface area contributed by atoms with E-state index in [2.05, 4.69) is 15.4 Å². The zero-order valence-electron chi connectivity index (χ0n) is 8.98. The van der Waals surface area contributed by atoms with Gasteiger partial charge in [-0.3, -0.25) is 4.79 Å². The molecule has 0 spiro atoms. The molecule has 0 saturated carbocycles. The summed E-state index contributed by atoms with van der Waals surface area (Å²) in [4.78, 5) is 15.2. The average molecular weight is 252 g/mol. The Bertz CT molecular complexity index is 455. The minimum absolute atomic E-state index is 0.107. The van der Waals surface area contributed by atoms with Gasteiger partial charge in [0.15, 0.2) is 0 Å². The molecule has 2 rings (SSSR count). The summed E-state index contributed by atoms with van der Waals surface area (Å²) in [7, 11) is 0. The van der Waals surface area contributed by atoms with Gasteiger partial charge in [0.2, 0.25) is 5.91 Å². The first kappa shape index (κ1) is 11.7. The second kappa shape index (κ2) is 5.55. The molecule has 0 aliphatic rings. The van der Waals surface area contributed by atoms with Crippen molar-refractivity contribution < 1.29 is 9.90 Å². The number of carbonyl (C=O) groups is 1. The summed E-state index contributed by atoms with van der Waals surface area (Å²) in [6.45, 7) is 0.306. The molecule has 0 radical (unpaired) electrons. The van der Waals surface area contributed by atoms with E-state index in [0.29, 0.717) is 0 Å². The van der Waals surface area contributed by atoms with Gasteiger partial charge in [-0.2, -0.15) is 16.4 Å². The first-order valence-electron chi connectivity index (χ1n) is 5.05. The molecule has 0 saturated heterocycles. The molecule has 2 aromatic heterocycles. The van der Waals surface area contributed by atoms with Gasteiger partial charge in [0, 0.05) is 6.54 Å². The van der Waals surface area contributed by atoms with Crippen LogP contribution in [0.4, 0.5) is 0 Å². The highest BCUT2D eigenvalue weighted by molar-refractivity contribution is 7.07. The normalized spacial score (nSPS) is 12.3. The van der Waals surface area contributed by atoms with E-state index in [1.807, 2.05) is 16.8 Å². The maximum Gasteiger partial charge on any atom is 0.241 e. The summed E-state index contributed by atoms with van der Waals surface area (Å²) in [5.41, 5.74) is 0.816. The molecular formula is C10H12N4O2S. The topological polar surface area (TPSA) is 80.0 Å². The lowest BCUT2D eigenvalue weighted by molar-refractivity contribution is -0.122. The van der Waals surface area contributed by atoms with Crippen LogP contribution in [0.1, 0.15) is 11.7 Å². The number of nitrogens with zero attached hydrogens (tertiary/aromatic N) is 3. The Labute approximate surface area is 102 Å². The SMILES string of the molecule is O=C(Cn1cncn1)NCC(O)c1ccsc1. The van der Waals surface area contributed by atoms with Crippen LogP contribution in [0.2, 0.25) is 0 Å². The fourth-order valence-electron chi connectivity index (χ4n) is 1.31. The second-order valence-corrected chi connectivity index (χ2v) is 4.25. The number of amides is 1. The van der Waals surface area contributed by atoms with Gasteiger partial charge in [-0.25, -0.2) is 9.67 Å². The molecule has 1 unspecified atom stereocenters. The molecule has 90 valence electrons. The van der Waals surface area contributed by atoms with Crippen molar-refractivity contribution >= 4 is 17.2 Å². The molecule has 1 atom stereocenters. The van der Waals surface area contributed by atoms with Crippen molar-refractivity contribution in [2.75, 3.05) is 6.54 Å². The number of aliphatic hydroxyl groups is 1. The van der Waals surface area contributed by atoms with Crippen molar-refractivity contribution in [2.45, 2.75) is 12.6 Å². The highest BCUT2D eigenvalue weighted by Gasteiger charge is 2.10. The minimum atomic E-state index is -0.666. The molecule has 2 heterocycles. The van der Waals surface area contributed by atoms with E-state index in [9.17, 15) is 9.90 Å². The predicted molar refractivity (Wildman–Crippen MR) is 62.3 cm³/mol. The van der Waals surface area contributed by atoms with Crippen molar-refractivity contribution in [3.8, 4) is 0 Å². The smallest absolute Gasteiger partial charge is 0.241 e. The zero-order chi connectivity index (χ0) is 12.1. The number of nitrogens with one attached hydrogen (secondary N) is 1. The zero-order valence-corrected chi connectivity index (χ0v) is 9.80. The third-order valence-corrected chi connectivity index (χ3v) is 2.89. The van der Waals surface area contributed by atoms with Crippen LogP contribution in [0, 0.1) is 0 Å². The molecule has 17 heavy (non-hydrogen) atoms. The summed E-state index contributed by atoms with van der Waals surface area (Å²) < 4.78 is 1.42. The van der Waals surface area contributed by atoms with Crippen LogP contribution in [0.5, 0.6) is 0 Å². The second-order valence-electron chi connectivity index (χ2n) is 3.47. The number of thiophene rings is 1. The standard InChI is InChI=1S/C10H12N4O2S/c15-9(8-1-2-17-5-8)3-12-10(16)4-14-7-11-6-13-14/h1-2,5-7,9,15H,3-4H2,(H,12,16). The highest BCUT2D eigenvalue weighted by Crippen LogP contribution is 2.14. The number of hydrogen-bond donors (Lipinski definition) is 2. The van der Waals surface area contributed by atoms with Gasteiger partial charge >= 0.3 is 0 Å². The fraction of sp³-hybridized carbons (Fsp3) is 0.300. The van der Waals surface area contributed by atoms with Gasteiger partial charge in [-0.15, -0.1) is 0 Å². The van der Waals surface area contributed by atoms with Crippen LogP contribution < -0.4 is 5.32 Å². The van der Waals surface area contributed by atoms with E-state index in [1.54, 1.807) is 0 Å². The van der Waals surface area contributed by atoms with Crippen LogP contribution in [-0.2, 0) is 11.3 Å². The first-order valence-corrected chi connectivity index (χ1v) is 5.99. The summed E-state index contributed by atoms with van der Waals surface area (Å²) in [5.74, 6) is -0.204. The van der Waals surface area contributed by atoms with Crippen LogP contribution >= 0.6 is 11.3 Å². The Morgan fingerprint density at radius 2 is 2.53 bits per heavy atom. The largest absolute Gasteiger partial charge is 0.387 e. The van der Waals surface area contributed by atoms with Crippen LogP contribution in [0.3, 0.4) is 0 Å². The summed E-state index contributed by atoms with van der Waals surface area (Å²) in [6.07, 6.45) is 2.17. The lowest BCUT2D eigenvalue weighted by Crippen LogP contribution is -2.31. The molecule has 6 nitrogen and oxygen atoms in total. The molecule has 0 bridgehead atoms. The van der Waals surface area contributed by atoms with E-state index >= 15 is 0 Å². The van der Waals surface area contributed by atoms with Crippen LogP contribution in [-0.4, -0.2) is 32.3 Å². The molecule has 2 aromatic rings. The highest BCUT2D eigenvalue weighted by atomic mass is 32.1. The van der Waals surface area contributed by atoms with Gasteiger partial charge in [-0.05, 0) is 22.4 Å². The van der Waals surface area contributed by atoms with E-state index < -0.39 is 6.10 Å². The van der Waals surface area contributed by atoms with Crippen LogP contribution in [0.15, 0.2) is 29.5 Å². The Morgan fingerprint density at radius 1 is 1.65 bits per heavy atom. The molecular weight excluding hydrogens is 240 g/mol. The van der Waals surface area contributed by atoms with E-state index in [0.717, 1.165) is 5.56 Å². The van der Waals surface area contributed by atoms with Gasteiger partial charge in [0.25, 0.3) is 0 Å². The van der Waals surface area contributed by atoms with Crippen molar-refractivity contribution in [3.05, 3.63) is 35.0 Å². The predicted octanol–water partition coefficient (Wildman–Crippen LogP) is 0.189. The Kier molecular flexibility index (Phi) is 3.84. The number of hydrogen-bond acceptors (Lipinski definition) is 5. The van der Waals surface area contributed by atoms with Gasteiger partial charge in [-0.1, -0.05) is 0 Å². The Hall–Kier alpha value is -1.73. The Balaban J connectivity index is 1.76. The van der Waals surface area contributed by atoms with Gasteiger partial charge < -0.3 is 10.4 Å². The monoisotopic (exact) mass is 252 g/mol. The average Bonchev–Trinajstić information content (AvgIpc) is 2.97. The van der Waals surface area contributed by atoms with Crippen molar-refractivity contribution in [1.29, 1.82) is 0 Å². The molecule has 0 aromatic carbocycles. The first-order chi connectivity index (χ1) is 8.25. The third-order valence-electron chi connectivity index (χ3n) is 2.19. The van der Waals surface area contributed by atoms with Gasteiger partial charge in [0.05, 0.1) is 6.10 Å². The Morgan fingerprint density at radius 3 is 3.18 bits per heavy atom. The lowest BCUT2D eigenvalue weighted by Gasteiger charge is -2.10. The molecule has 1 amide bonds. The van der Waals surface area contributed by atoms with E-state index in [4.69, 9.17) is 0 Å². The summed E-state index contributed by atoms with van der Waals surface area (Å²) in [6, 6.07) is 1.83. The fourth-order valence-corrected chi connectivity index (χ4v) is 2.02.